The van der Waals surface area contributed by atoms with Gasteiger partial charge < -0.3 is 14.2 Å². The Hall–Kier alpha value is -5.49. The molecule has 0 spiro atoms. The van der Waals surface area contributed by atoms with Gasteiger partial charge in [-0.2, -0.15) is 9.97 Å². The normalized spacial score (nSPS) is 16.9. The molecule has 8 rings (SSSR count). The highest BCUT2D eigenvalue weighted by Gasteiger charge is 2.46. The molecule has 0 saturated carbocycles. The highest BCUT2D eigenvalue weighted by atomic mass is 19.1. The molecule has 5 nitrogen and oxygen atoms in total. The average molecular weight is 635 g/mol. The molecule has 1 unspecified atom stereocenters. The molecule has 1 atom stereocenters. The molecule has 238 valence electrons. The van der Waals surface area contributed by atoms with Crippen LogP contribution in [0.25, 0.3) is 39.4 Å². The zero-order valence-corrected chi connectivity index (χ0v) is 27.4. The third-order valence-corrected chi connectivity index (χ3v) is 10.3. The van der Waals surface area contributed by atoms with E-state index < -0.39 is 5.60 Å². The number of benzene rings is 5. The van der Waals surface area contributed by atoms with Crippen LogP contribution in [0.3, 0.4) is 0 Å². The van der Waals surface area contributed by atoms with Gasteiger partial charge in [-0.15, -0.1) is 0 Å². The number of nitrogens with zero attached hydrogens (tertiary/aromatic N) is 2. The summed E-state index contributed by atoms with van der Waals surface area (Å²) < 4.78 is 32.5. The number of ether oxygens (including phenoxy) is 3. The average Bonchev–Trinajstić information content (AvgIpc) is 3.45. The van der Waals surface area contributed by atoms with Gasteiger partial charge in [0.1, 0.15) is 11.6 Å². The molecule has 0 radical (unpaired) electrons. The Bertz CT molecular complexity index is 2200. The van der Waals surface area contributed by atoms with E-state index in [1.165, 1.54) is 39.8 Å². The van der Waals surface area contributed by atoms with Crippen LogP contribution in [0.15, 0.2) is 109 Å². The monoisotopic (exact) mass is 634 g/mol. The molecule has 0 fully saturated rings. The summed E-state index contributed by atoms with van der Waals surface area (Å²) in [6.07, 6.45) is 6.31. The van der Waals surface area contributed by atoms with Crippen LogP contribution in [0.1, 0.15) is 54.5 Å². The highest BCUT2D eigenvalue weighted by Crippen LogP contribution is 2.60. The molecule has 0 amide bonds. The van der Waals surface area contributed by atoms with Crippen LogP contribution in [0, 0.1) is 5.82 Å². The van der Waals surface area contributed by atoms with Crippen LogP contribution in [-0.4, -0.2) is 24.2 Å². The lowest BCUT2D eigenvalue weighted by atomic mass is 9.71. The lowest BCUT2D eigenvalue weighted by Crippen LogP contribution is -2.35. The van der Waals surface area contributed by atoms with Crippen molar-refractivity contribution < 1.29 is 18.6 Å². The molecule has 6 heteroatoms. The van der Waals surface area contributed by atoms with Gasteiger partial charge in [-0.25, -0.2) is 4.39 Å². The van der Waals surface area contributed by atoms with Gasteiger partial charge >= 0.3 is 0 Å². The first kappa shape index (κ1) is 29.9. The number of hydrogen-bond donors (Lipinski definition) is 0. The summed E-state index contributed by atoms with van der Waals surface area (Å²) in [4.78, 5) is 9.08. The maximum absolute atomic E-state index is 14.3. The van der Waals surface area contributed by atoms with E-state index in [9.17, 15) is 4.39 Å². The van der Waals surface area contributed by atoms with Gasteiger partial charge in [0.15, 0.2) is 11.4 Å². The zero-order chi connectivity index (χ0) is 33.0. The quantitative estimate of drug-likeness (QED) is 0.175. The molecule has 48 heavy (non-hydrogen) atoms. The molecule has 6 aromatic rings. The van der Waals surface area contributed by atoms with E-state index in [4.69, 9.17) is 14.2 Å². The van der Waals surface area contributed by atoms with Crippen molar-refractivity contribution in [1.29, 1.82) is 0 Å². The number of aromatic nitrogens is 2. The summed E-state index contributed by atoms with van der Waals surface area (Å²) in [5.74, 6) is 1.84. The van der Waals surface area contributed by atoms with E-state index >= 15 is 0 Å². The summed E-state index contributed by atoms with van der Waals surface area (Å²) in [5, 5.41) is 2.22. The van der Waals surface area contributed by atoms with Gasteiger partial charge in [0.25, 0.3) is 0 Å². The number of fused-ring (bicyclic) bond motifs is 8. The third kappa shape index (κ3) is 4.28. The predicted octanol–water partition coefficient (Wildman–Crippen LogP) is 9.89. The number of rotatable bonds is 7. The second kappa shape index (κ2) is 11.3. The van der Waals surface area contributed by atoms with Gasteiger partial charge in [0.05, 0.1) is 20.3 Å². The largest absolute Gasteiger partial charge is 0.481 e. The molecule has 0 saturated heterocycles. The third-order valence-electron chi connectivity index (χ3n) is 10.3. The van der Waals surface area contributed by atoms with Crippen LogP contribution in [-0.2, 0) is 11.0 Å². The summed E-state index contributed by atoms with van der Waals surface area (Å²) in [6.45, 7) is 4.58. The van der Waals surface area contributed by atoms with Gasteiger partial charge in [-0.05, 0) is 58.7 Å². The summed E-state index contributed by atoms with van der Waals surface area (Å²) in [7, 11) is 3.13. The number of hydrogen-bond acceptors (Lipinski definition) is 5. The van der Waals surface area contributed by atoms with E-state index in [0.29, 0.717) is 17.6 Å². The predicted molar refractivity (Wildman–Crippen MR) is 188 cm³/mol. The Kier molecular flexibility index (Phi) is 7.06. The minimum Gasteiger partial charge on any atom is -0.481 e. The lowest BCUT2D eigenvalue weighted by molar-refractivity contribution is 0.163. The van der Waals surface area contributed by atoms with Crippen molar-refractivity contribution in [2.45, 2.75) is 37.7 Å². The fourth-order valence-electron chi connectivity index (χ4n) is 7.89. The Balaban J connectivity index is 1.35. The smallest absolute Gasteiger partial charge is 0.220 e. The number of methoxy groups -OCH3 is 2. The zero-order valence-electron chi connectivity index (χ0n) is 27.4. The topological polar surface area (TPSA) is 53.5 Å². The molecule has 1 aliphatic heterocycles. The van der Waals surface area contributed by atoms with Crippen molar-refractivity contribution in [2.75, 3.05) is 14.2 Å². The van der Waals surface area contributed by atoms with E-state index in [-0.39, 0.29) is 11.2 Å². The molecule has 5 aromatic carbocycles. The molecular weight excluding hydrogens is 599 g/mol. The SMILES string of the molecule is CCC1(CC)c2ccccc2-c2c1c1c(c3ccccc23)OC(c2ccc(F)cc2)(c2ccc(-c3nc(OC)cc(OC)n3)cc2)C=C1. The van der Waals surface area contributed by atoms with Crippen molar-refractivity contribution in [1.82, 2.24) is 9.97 Å². The standard InChI is InChI=1S/C42H35FN2O3/c1-5-41(6-2)34-14-10-9-13-32(34)37-30-11-7-8-12-31(30)39-33(38(37)41)23-24-42(48-39,28-19-21-29(43)22-20-28)27-17-15-26(16-18-27)40-44-35(46-3)25-36(45-40)47-4/h7-25H,5-6H2,1-4H3. The molecular formula is C42H35FN2O3. The Labute approximate surface area is 279 Å². The molecule has 1 aliphatic carbocycles. The molecule has 1 aromatic heterocycles. The fraction of sp³-hybridized carbons (Fsp3) is 0.190. The van der Waals surface area contributed by atoms with Crippen molar-refractivity contribution >= 4 is 16.8 Å². The first-order chi connectivity index (χ1) is 23.5. The van der Waals surface area contributed by atoms with E-state index in [1.54, 1.807) is 20.3 Å². The van der Waals surface area contributed by atoms with Crippen LogP contribution in [0.4, 0.5) is 4.39 Å². The van der Waals surface area contributed by atoms with Crippen LogP contribution < -0.4 is 14.2 Å². The number of halogens is 1. The first-order valence-corrected chi connectivity index (χ1v) is 16.4. The Morgan fingerprint density at radius 1 is 0.729 bits per heavy atom. The molecule has 2 aliphatic rings. The van der Waals surface area contributed by atoms with E-state index in [1.807, 2.05) is 36.4 Å². The van der Waals surface area contributed by atoms with Crippen molar-refractivity contribution in [3.63, 3.8) is 0 Å². The van der Waals surface area contributed by atoms with Gasteiger partial charge in [0.2, 0.25) is 11.8 Å². The second-order valence-electron chi connectivity index (χ2n) is 12.4. The van der Waals surface area contributed by atoms with Gasteiger partial charge in [0, 0.05) is 33.1 Å². The molecule has 0 bridgehead atoms. The Morgan fingerprint density at radius 3 is 1.98 bits per heavy atom. The van der Waals surface area contributed by atoms with E-state index in [2.05, 4.69) is 84.5 Å². The summed E-state index contributed by atoms with van der Waals surface area (Å²) in [5.41, 5.74) is 7.72. The fourth-order valence-corrected chi connectivity index (χ4v) is 7.89. The Morgan fingerprint density at radius 2 is 1.33 bits per heavy atom. The maximum atomic E-state index is 14.3. The van der Waals surface area contributed by atoms with Crippen LogP contribution >= 0.6 is 0 Å². The molecule has 0 N–H and O–H groups in total. The first-order valence-electron chi connectivity index (χ1n) is 16.4. The summed E-state index contributed by atoms with van der Waals surface area (Å²) >= 11 is 0. The summed E-state index contributed by atoms with van der Waals surface area (Å²) in [6, 6.07) is 33.6. The highest BCUT2D eigenvalue weighted by molar-refractivity contribution is 6.08. The van der Waals surface area contributed by atoms with Crippen molar-refractivity contribution in [2.24, 2.45) is 0 Å². The minimum atomic E-state index is -1.03. The van der Waals surface area contributed by atoms with Crippen LogP contribution in [0.2, 0.25) is 0 Å². The van der Waals surface area contributed by atoms with E-state index in [0.717, 1.165) is 46.2 Å². The van der Waals surface area contributed by atoms with Crippen LogP contribution in [0.5, 0.6) is 17.5 Å². The second-order valence-corrected chi connectivity index (χ2v) is 12.4. The van der Waals surface area contributed by atoms with Gasteiger partial charge in [-0.1, -0.05) is 105 Å². The van der Waals surface area contributed by atoms with Crippen molar-refractivity contribution in [3.05, 3.63) is 143 Å². The lowest BCUT2D eigenvalue weighted by Gasteiger charge is -2.39. The van der Waals surface area contributed by atoms with Gasteiger partial charge in [-0.3, -0.25) is 0 Å². The molecule has 2 heterocycles. The minimum absolute atomic E-state index is 0.150. The van der Waals surface area contributed by atoms with Crippen molar-refractivity contribution in [3.8, 4) is 40.0 Å². The maximum Gasteiger partial charge on any atom is 0.220 e.